The summed E-state index contributed by atoms with van der Waals surface area (Å²) in [5.74, 6) is 0. The normalized spacial score (nSPS) is 12.1. The van der Waals surface area contributed by atoms with Crippen molar-refractivity contribution in [3.63, 3.8) is 0 Å². The van der Waals surface area contributed by atoms with Crippen molar-refractivity contribution in [3.05, 3.63) is 30.3 Å². The lowest BCUT2D eigenvalue weighted by Gasteiger charge is -2.26. The number of nitrogens with zero attached hydrogens (tertiary/aromatic N) is 1. The highest BCUT2D eigenvalue weighted by atomic mass is 16.4. The second kappa shape index (κ2) is 8.57. The molecular weight excluding hydrogens is 238 g/mol. The summed E-state index contributed by atoms with van der Waals surface area (Å²) in [6.07, 6.45) is 6.11. The summed E-state index contributed by atoms with van der Waals surface area (Å²) in [5, 5.41) is 9.36. The Morgan fingerprint density at radius 2 is 1.79 bits per heavy atom. The summed E-state index contributed by atoms with van der Waals surface area (Å²) in [4.78, 5) is 12.9. The van der Waals surface area contributed by atoms with Crippen LogP contribution in [0.2, 0.25) is 0 Å². The summed E-state index contributed by atoms with van der Waals surface area (Å²) in [6.45, 7) is 4.19. The van der Waals surface area contributed by atoms with Crippen LogP contribution in [-0.4, -0.2) is 17.2 Å². The van der Waals surface area contributed by atoms with E-state index in [1.165, 1.54) is 30.6 Å². The van der Waals surface area contributed by atoms with Gasteiger partial charge in [-0.15, -0.1) is 0 Å². The summed E-state index contributed by atoms with van der Waals surface area (Å²) < 4.78 is 0. The van der Waals surface area contributed by atoms with Crippen LogP contribution in [-0.2, 0) is 0 Å². The zero-order valence-corrected chi connectivity index (χ0v) is 12.0. The van der Waals surface area contributed by atoms with Crippen LogP contribution in [0.4, 0.5) is 10.5 Å². The fourth-order valence-electron chi connectivity index (χ4n) is 2.31. The minimum absolute atomic E-state index is 0.0292. The third-order valence-corrected chi connectivity index (χ3v) is 3.41. The number of para-hydroxylation sites is 1. The van der Waals surface area contributed by atoms with E-state index in [4.69, 9.17) is 0 Å². The fraction of sp³-hybridized carbons (Fsp3) is 0.562. The molecule has 1 amide bonds. The smallest absolute Gasteiger partial charge is 0.412 e. The van der Waals surface area contributed by atoms with E-state index < -0.39 is 6.09 Å². The highest BCUT2D eigenvalue weighted by Crippen LogP contribution is 2.20. The van der Waals surface area contributed by atoms with E-state index in [1.807, 2.05) is 37.3 Å². The van der Waals surface area contributed by atoms with Crippen LogP contribution < -0.4 is 4.90 Å². The molecule has 1 aromatic rings. The molecule has 1 rings (SSSR count). The van der Waals surface area contributed by atoms with Crippen molar-refractivity contribution in [1.29, 1.82) is 0 Å². The lowest BCUT2D eigenvalue weighted by molar-refractivity contribution is 0.199. The van der Waals surface area contributed by atoms with E-state index in [0.29, 0.717) is 0 Å². The van der Waals surface area contributed by atoms with Crippen molar-refractivity contribution in [2.75, 3.05) is 4.90 Å². The molecular formula is C16H25NO2. The zero-order valence-electron chi connectivity index (χ0n) is 12.0. The molecule has 0 saturated heterocycles. The second-order valence-corrected chi connectivity index (χ2v) is 5.04. The first-order chi connectivity index (χ1) is 9.16. The van der Waals surface area contributed by atoms with Gasteiger partial charge in [-0.05, 0) is 25.5 Å². The molecule has 19 heavy (non-hydrogen) atoms. The summed E-state index contributed by atoms with van der Waals surface area (Å²) >= 11 is 0. The Morgan fingerprint density at radius 1 is 1.16 bits per heavy atom. The van der Waals surface area contributed by atoms with Crippen LogP contribution in [0.5, 0.6) is 0 Å². The monoisotopic (exact) mass is 263 g/mol. The van der Waals surface area contributed by atoms with Crippen LogP contribution in [0.25, 0.3) is 0 Å². The van der Waals surface area contributed by atoms with Crippen molar-refractivity contribution in [2.45, 2.75) is 58.4 Å². The van der Waals surface area contributed by atoms with Crippen molar-refractivity contribution in [2.24, 2.45) is 0 Å². The van der Waals surface area contributed by atoms with Gasteiger partial charge in [-0.3, -0.25) is 4.90 Å². The van der Waals surface area contributed by atoms with Gasteiger partial charge >= 0.3 is 6.09 Å². The molecule has 1 N–H and O–H groups in total. The van der Waals surface area contributed by atoms with E-state index in [1.54, 1.807) is 0 Å². The fourth-order valence-corrected chi connectivity index (χ4v) is 2.31. The number of hydrogen-bond donors (Lipinski definition) is 1. The predicted octanol–water partition coefficient (Wildman–Crippen LogP) is 4.92. The quantitative estimate of drug-likeness (QED) is 0.676. The van der Waals surface area contributed by atoms with Gasteiger partial charge in [0, 0.05) is 11.7 Å². The molecule has 0 radical (unpaired) electrons. The molecule has 0 saturated carbocycles. The maximum absolute atomic E-state index is 11.4. The third kappa shape index (κ3) is 5.33. The van der Waals surface area contributed by atoms with E-state index in [2.05, 4.69) is 6.92 Å². The van der Waals surface area contributed by atoms with Crippen molar-refractivity contribution in [1.82, 2.24) is 0 Å². The number of carbonyl (C=O) groups is 1. The molecule has 0 heterocycles. The molecule has 3 nitrogen and oxygen atoms in total. The molecule has 0 aliphatic heterocycles. The maximum atomic E-state index is 11.4. The van der Waals surface area contributed by atoms with E-state index in [0.717, 1.165) is 18.5 Å². The number of rotatable bonds is 8. The van der Waals surface area contributed by atoms with Crippen LogP contribution in [0.15, 0.2) is 30.3 Å². The predicted molar refractivity (Wildman–Crippen MR) is 79.8 cm³/mol. The van der Waals surface area contributed by atoms with Crippen LogP contribution >= 0.6 is 0 Å². The number of hydrogen-bond acceptors (Lipinski definition) is 1. The van der Waals surface area contributed by atoms with Gasteiger partial charge in [-0.2, -0.15) is 0 Å². The molecule has 0 aromatic heterocycles. The first-order valence-corrected chi connectivity index (χ1v) is 7.24. The highest BCUT2D eigenvalue weighted by molar-refractivity contribution is 5.86. The van der Waals surface area contributed by atoms with Gasteiger partial charge in [0.15, 0.2) is 0 Å². The molecule has 0 aliphatic carbocycles. The van der Waals surface area contributed by atoms with Crippen molar-refractivity contribution >= 4 is 11.8 Å². The summed E-state index contributed by atoms with van der Waals surface area (Å²) in [5.41, 5.74) is 0.760. The summed E-state index contributed by atoms with van der Waals surface area (Å²) in [7, 11) is 0. The molecule has 0 spiro atoms. The summed E-state index contributed by atoms with van der Waals surface area (Å²) in [6, 6.07) is 9.38. The Balaban J connectivity index is 2.50. The number of benzene rings is 1. The average molecular weight is 263 g/mol. The highest BCUT2D eigenvalue weighted by Gasteiger charge is 2.20. The first kappa shape index (κ1) is 15.5. The second-order valence-electron chi connectivity index (χ2n) is 5.04. The molecule has 3 heteroatoms. The zero-order chi connectivity index (χ0) is 14.1. The van der Waals surface area contributed by atoms with E-state index in [-0.39, 0.29) is 6.04 Å². The number of amides is 1. The van der Waals surface area contributed by atoms with E-state index >= 15 is 0 Å². The number of anilines is 1. The maximum Gasteiger partial charge on any atom is 0.412 e. The Kier molecular flexibility index (Phi) is 7.01. The Hall–Kier alpha value is -1.51. The number of carboxylic acid groups (broad SMARTS) is 1. The molecule has 0 aliphatic rings. The molecule has 0 bridgehead atoms. The van der Waals surface area contributed by atoms with Gasteiger partial charge in [0.05, 0.1) is 0 Å². The standard InChI is InChI=1S/C16H25NO2/c1-3-4-5-6-8-11-14(2)17(16(18)19)15-12-9-7-10-13-15/h7,9-10,12-14H,3-6,8,11H2,1-2H3,(H,18,19). The van der Waals surface area contributed by atoms with E-state index in [9.17, 15) is 9.90 Å². The lowest BCUT2D eigenvalue weighted by atomic mass is 10.1. The molecule has 1 unspecified atom stereocenters. The Bertz CT molecular complexity index is 364. The van der Waals surface area contributed by atoms with Gasteiger partial charge in [0.1, 0.15) is 0 Å². The van der Waals surface area contributed by atoms with Gasteiger partial charge in [-0.25, -0.2) is 4.79 Å². The van der Waals surface area contributed by atoms with Crippen LogP contribution in [0.1, 0.15) is 52.4 Å². The van der Waals surface area contributed by atoms with Crippen LogP contribution in [0.3, 0.4) is 0 Å². The lowest BCUT2D eigenvalue weighted by Crippen LogP contribution is -2.37. The third-order valence-electron chi connectivity index (χ3n) is 3.41. The van der Waals surface area contributed by atoms with Gasteiger partial charge < -0.3 is 5.11 Å². The minimum atomic E-state index is -0.868. The molecule has 106 valence electrons. The van der Waals surface area contributed by atoms with Crippen LogP contribution in [0, 0.1) is 0 Å². The van der Waals surface area contributed by atoms with Crippen molar-refractivity contribution in [3.8, 4) is 0 Å². The number of unbranched alkanes of at least 4 members (excludes halogenated alkanes) is 4. The molecule has 1 aromatic carbocycles. The Labute approximate surface area is 116 Å². The topological polar surface area (TPSA) is 40.5 Å². The largest absolute Gasteiger partial charge is 0.465 e. The average Bonchev–Trinajstić information content (AvgIpc) is 2.39. The Morgan fingerprint density at radius 3 is 2.37 bits per heavy atom. The SMILES string of the molecule is CCCCCCCC(C)N(C(=O)O)c1ccccc1. The van der Waals surface area contributed by atoms with Gasteiger partial charge in [0.25, 0.3) is 0 Å². The minimum Gasteiger partial charge on any atom is -0.465 e. The molecule has 0 fully saturated rings. The van der Waals surface area contributed by atoms with Crippen molar-refractivity contribution < 1.29 is 9.90 Å². The molecule has 1 atom stereocenters. The van der Waals surface area contributed by atoms with Gasteiger partial charge in [0.2, 0.25) is 0 Å². The first-order valence-electron chi connectivity index (χ1n) is 7.24. The van der Waals surface area contributed by atoms with Gasteiger partial charge in [-0.1, -0.05) is 57.2 Å².